The van der Waals surface area contributed by atoms with Crippen molar-refractivity contribution in [2.45, 2.75) is 44.2 Å². The zero-order chi connectivity index (χ0) is 12.8. The average Bonchev–Trinajstić information content (AvgIpc) is 2.91. The minimum Gasteiger partial charge on any atom is -0.270 e. The van der Waals surface area contributed by atoms with Gasteiger partial charge in [-0.05, 0) is 25.7 Å². The van der Waals surface area contributed by atoms with Crippen molar-refractivity contribution in [3.05, 3.63) is 40.6 Å². The predicted molar refractivity (Wildman–Crippen MR) is 67.9 cm³/mol. The van der Waals surface area contributed by atoms with Crippen LogP contribution in [0.25, 0.3) is 0 Å². The molecule has 0 amide bonds. The summed E-state index contributed by atoms with van der Waals surface area (Å²) >= 11 is 0. The lowest BCUT2D eigenvalue weighted by molar-refractivity contribution is 0.277. The van der Waals surface area contributed by atoms with Gasteiger partial charge >= 0.3 is 5.69 Å². The molecule has 4 rings (SSSR count). The van der Waals surface area contributed by atoms with E-state index in [0.29, 0.717) is 6.04 Å². The Bertz CT molecular complexity index is 655. The fourth-order valence-corrected chi connectivity index (χ4v) is 2.95. The van der Waals surface area contributed by atoms with Crippen molar-refractivity contribution in [2.75, 3.05) is 0 Å². The molecule has 98 valence electrons. The molecule has 2 aliphatic rings. The molecule has 2 aromatic rings. The van der Waals surface area contributed by atoms with E-state index in [0.717, 1.165) is 37.2 Å². The predicted octanol–water partition coefficient (Wildman–Crippen LogP) is 1.10. The van der Waals surface area contributed by atoms with Crippen LogP contribution in [0.1, 0.15) is 49.3 Å². The minimum atomic E-state index is 0.00465. The fraction of sp³-hybridized carbons (Fsp3) is 0.538. The Morgan fingerprint density at radius 3 is 2.79 bits per heavy atom. The summed E-state index contributed by atoms with van der Waals surface area (Å²) < 4.78 is 3.49. The highest BCUT2D eigenvalue weighted by atomic mass is 16.2. The molecule has 0 N–H and O–H groups in total. The molecule has 1 aliphatic heterocycles. The molecule has 19 heavy (non-hydrogen) atoms. The molecule has 2 aromatic heterocycles. The Morgan fingerprint density at radius 1 is 1.21 bits per heavy atom. The van der Waals surface area contributed by atoms with E-state index >= 15 is 0 Å². The molecule has 1 saturated carbocycles. The lowest BCUT2D eigenvalue weighted by Gasteiger charge is -2.24. The van der Waals surface area contributed by atoms with Gasteiger partial charge in [0.15, 0.2) is 0 Å². The van der Waals surface area contributed by atoms with Gasteiger partial charge in [-0.2, -0.15) is 5.10 Å². The van der Waals surface area contributed by atoms with Gasteiger partial charge < -0.3 is 0 Å². The van der Waals surface area contributed by atoms with E-state index in [2.05, 4.69) is 15.1 Å². The number of aromatic nitrogens is 5. The van der Waals surface area contributed by atoms with Crippen molar-refractivity contribution in [1.29, 1.82) is 0 Å². The molecule has 1 fully saturated rings. The molecule has 0 bridgehead atoms. The summed E-state index contributed by atoms with van der Waals surface area (Å²) in [4.78, 5) is 20.9. The van der Waals surface area contributed by atoms with Crippen LogP contribution in [0.4, 0.5) is 0 Å². The van der Waals surface area contributed by atoms with Crippen LogP contribution in [0.5, 0.6) is 0 Å². The molecule has 6 heteroatoms. The van der Waals surface area contributed by atoms with Gasteiger partial charge in [-0.25, -0.2) is 9.48 Å². The Kier molecular flexibility index (Phi) is 2.30. The average molecular weight is 257 g/mol. The molecule has 0 aromatic carbocycles. The topological polar surface area (TPSA) is 65.6 Å². The number of fused-ring (bicyclic) bond motifs is 1. The third kappa shape index (κ3) is 1.55. The zero-order valence-electron chi connectivity index (χ0n) is 10.6. The summed E-state index contributed by atoms with van der Waals surface area (Å²) in [5, 5.41) is 4.51. The van der Waals surface area contributed by atoms with E-state index in [1.165, 1.54) is 6.42 Å². The van der Waals surface area contributed by atoms with Crippen molar-refractivity contribution in [3.63, 3.8) is 0 Å². The Balaban J connectivity index is 1.78. The second-order valence-electron chi connectivity index (χ2n) is 5.28. The molecule has 3 heterocycles. The second kappa shape index (κ2) is 4.01. The second-order valence-corrected chi connectivity index (χ2v) is 5.28. The molecule has 1 unspecified atom stereocenters. The van der Waals surface area contributed by atoms with Gasteiger partial charge in [0.25, 0.3) is 0 Å². The van der Waals surface area contributed by atoms with Crippen LogP contribution in [-0.4, -0.2) is 24.3 Å². The normalized spacial score (nSPS) is 22.2. The highest BCUT2D eigenvalue weighted by Gasteiger charge is 2.32. The van der Waals surface area contributed by atoms with Gasteiger partial charge in [-0.1, -0.05) is 0 Å². The van der Waals surface area contributed by atoms with E-state index in [1.807, 2.05) is 4.57 Å². The molecule has 0 saturated heterocycles. The molecule has 0 radical (unpaired) electrons. The summed E-state index contributed by atoms with van der Waals surface area (Å²) in [7, 11) is 0. The van der Waals surface area contributed by atoms with Crippen molar-refractivity contribution < 1.29 is 0 Å². The van der Waals surface area contributed by atoms with Crippen molar-refractivity contribution in [1.82, 2.24) is 24.3 Å². The molecule has 0 spiro atoms. The third-order valence-electron chi connectivity index (χ3n) is 4.20. The van der Waals surface area contributed by atoms with Crippen LogP contribution < -0.4 is 5.69 Å². The van der Waals surface area contributed by atoms with E-state index in [4.69, 9.17) is 0 Å². The van der Waals surface area contributed by atoms with Gasteiger partial charge in [0.05, 0.1) is 24.0 Å². The number of rotatable bonds is 2. The maximum atomic E-state index is 12.5. The van der Waals surface area contributed by atoms with Crippen LogP contribution in [0, 0.1) is 0 Å². The van der Waals surface area contributed by atoms with E-state index in [-0.39, 0.29) is 11.7 Å². The Morgan fingerprint density at radius 2 is 2.11 bits per heavy atom. The monoisotopic (exact) mass is 257 g/mol. The quantitative estimate of drug-likeness (QED) is 0.808. The number of hydrogen-bond acceptors (Lipinski definition) is 4. The summed E-state index contributed by atoms with van der Waals surface area (Å²) in [6, 6.07) is 0.318. The maximum Gasteiger partial charge on any atom is 0.346 e. The first-order valence-electron chi connectivity index (χ1n) is 6.80. The van der Waals surface area contributed by atoms with Crippen LogP contribution in [0.2, 0.25) is 0 Å². The van der Waals surface area contributed by atoms with Crippen LogP contribution >= 0.6 is 0 Å². The first-order chi connectivity index (χ1) is 9.34. The largest absolute Gasteiger partial charge is 0.346 e. The van der Waals surface area contributed by atoms with Crippen LogP contribution in [0.15, 0.2) is 23.4 Å². The molecule has 1 atom stereocenters. The lowest BCUT2D eigenvalue weighted by atomic mass is 9.93. The standard InChI is InChI=1S/C13H15N5O/c19-13-17-11(10-8-14-6-7-15-10)4-5-12(17)16-18(13)9-2-1-3-9/h6-9,11H,1-5H2. The first kappa shape index (κ1) is 10.9. The van der Waals surface area contributed by atoms with Crippen LogP contribution in [0.3, 0.4) is 0 Å². The van der Waals surface area contributed by atoms with Crippen molar-refractivity contribution in [2.24, 2.45) is 0 Å². The maximum absolute atomic E-state index is 12.5. The molecule has 1 aliphatic carbocycles. The fourth-order valence-electron chi connectivity index (χ4n) is 2.95. The number of nitrogens with zero attached hydrogens (tertiary/aromatic N) is 5. The van der Waals surface area contributed by atoms with Gasteiger partial charge in [-0.15, -0.1) is 0 Å². The first-order valence-corrected chi connectivity index (χ1v) is 6.80. The van der Waals surface area contributed by atoms with Gasteiger partial charge in [-0.3, -0.25) is 14.5 Å². The highest BCUT2D eigenvalue weighted by Crippen LogP contribution is 2.32. The molecular formula is C13H15N5O. The van der Waals surface area contributed by atoms with Gasteiger partial charge in [0.1, 0.15) is 5.82 Å². The van der Waals surface area contributed by atoms with E-state index < -0.39 is 0 Å². The lowest BCUT2D eigenvalue weighted by Crippen LogP contribution is -2.32. The Labute approximate surface area is 110 Å². The minimum absolute atomic E-state index is 0.00465. The molecular weight excluding hydrogens is 242 g/mol. The van der Waals surface area contributed by atoms with Gasteiger partial charge in [0, 0.05) is 18.8 Å². The summed E-state index contributed by atoms with van der Waals surface area (Å²) in [5.74, 6) is 0.896. The third-order valence-corrected chi connectivity index (χ3v) is 4.20. The van der Waals surface area contributed by atoms with E-state index in [1.54, 1.807) is 23.3 Å². The smallest absolute Gasteiger partial charge is 0.270 e. The zero-order valence-corrected chi connectivity index (χ0v) is 10.6. The van der Waals surface area contributed by atoms with E-state index in [9.17, 15) is 4.79 Å². The van der Waals surface area contributed by atoms with Gasteiger partial charge in [0.2, 0.25) is 0 Å². The molecule has 6 nitrogen and oxygen atoms in total. The summed E-state index contributed by atoms with van der Waals surface area (Å²) in [6.45, 7) is 0. The van der Waals surface area contributed by atoms with Crippen molar-refractivity contribution >= 4 is 0 Å². The Hall–Kier alpha value is -1.98. The summed E-state index contributed by atoms with van der Waals surface area (Å²) in [6.07, 6.45) is 10.2. The SMILES string of the molecule is O=c1n(C2CCC2)nc2n1C(c1cnccn1)CC2. The van der Waals surface area contributed by atoms with Crippen LogP contribution in [-0.2, 0) is 6.42 Å². The summed E-state index contributed by atoms with van der Waals surface area (Å²) in [5.41, 5.74) is 0.879. The number of hydrogen-bond donors (Lipinski definition) is 0. The number of aryl methyl sites for hydroxylation is 1. The highest BCUT2D eigenvalue weighted by molar-refractivity contribution is 5.12. The van der Waals surface area contributed by atoms with Crippen molar-refractivity contribution in [3.8, 4) is 0 Å².